The van der Waals surface area contributed by atoms with E-state index < -0.39 is 33.6 Å². The Morgan fingerprint density at radius 2 is 0.905 bits per heavy atom. The van der Waals surface area contributed by atoms with Gasteiger partial charge in [0.2, 0.25) is 0 Å². The van der Waals surface area contributed by atoms with Gasteiger partial charge >= 0.3 is 15.0 Å². The molecule has 266 valence electrons. The molecule has 0 aromatic rings. The Bertz CT molecular complexity index is 320. The summed E-state index contributed by atoms with van der Waals surface area (Å²) in [5.74, 6) is -2.01. The molecule has 0 saturated carbocycles. The van der Waals surface area contributed by atoms with Crippen LogP contribution in [-0.4, -0.2) is 172 Å². The fraction of sp³-hybridized carbons (Fsp3) is 1.00. The third-order valence-corrected chi connectivity index (χ3v) is 4.11. The second-order valence-electron chi connectivity index (χ2n) is 4.90. The number of hydrogen-bond donors (Lipinski definition) is 14. The number of aliphatic hydroxyl groups is 9. The van der Waals surface area contributed by atoms with Crippen LogP contribution >= 0.6 is 0 Å². The fourth-order valence-electron chi connectivity index (χ4n) is 1.92. The summed E-state index contributed by atoms with van der Waals surface area (Å²) in [5.41, 5.74) is 0. The van der Waals surface area contributed by atoms with Gasteiger partial charge in [0.1, 0.15) is 6.67 Å². The van der Waals surface area contributed by atoms with Crippen LogP contribution in [0.3, 0.4) is 0 Å². The van der Waals surface area contributed by atoms with Crippen LogP contribution in [0.1, 0.15) is 19.8 Å². The quantitative estimate of drug-likeness (QED) is 0.0563. The van der Waals surface area contributed by atoms with Crippen LogP contribution in [0.15, 0.2) is 0 Å². The first-order chi connectivity index (χ1) is 18.6. The van der Waals surface area contributed by atoms with Crippen molar-refractivity contribution in [3.05, 3.63) is 0 Å². The first kappa shape index (κ1) is 84.5. The third kappa shape index (κ3) is 96.9. The number of halogens is 4. The third-order valence-electron chi connectivity index (χ3n) is 3.09. The second kappa shape index (κ2) is 90.1. The summed E-state index contributed by atoms with van der Waals surface area (Å²) in [6, 6.07) is -1.06. The maximum Gasteiger partial charge on any atom is 0.492 e. The zero-order chi connectivity index (χ0) is 34.5. The Labute approximate surface area is 295 Å². The van der Waals surface area contributed by atoms with Gasteiger partial charge in [0.15, 0.2) is 0 Å². The Kier molecular flexibility index (Phi) is 181. The van der Waals surface area contributed by atoms with Gasteiger partial charge in [0.05, 0.1) is 5.92 Å². The van der Waals surface area contributed by atoms with Gasteiger partial charge in [0.25, 0.3) is 0 Å². The van der Waals surface area contributed by atoms with E-state index in [2.05, 4.69) is 10.6 Å². The summed E-state index contributed by atoms with van der Waals surface area (Å²) in [5, 5.41) is 68.6. The van der Waals surface area contributed by atoms with Crippen LogP contribution in [-0.2, 0) is 65.2 Å². The number of aliphatic hydroxyl groups excluding tert-OH is 9. The van der Waals surface area contributed by atoms with Gasteiger partial charge in [-0.15, -0.1) is 0 Å². The van der Waals surface area contributed by atoms with Gasteiger partial charge in [0, 0.05) is 154 Å². The van der Waals surface area contributed by atoms with Crippen LogP contribution in [0.5, 0.6) is 0 Å². The average Bonchev–Trinajstić information content (AvgIpc) is 3.00. The molecule has 0 bridgehead atoms. The molecule has 0 aliphatic heterocycles. The second-order valence-corrected chi connectivity index (χ2v) is 6.95. The summed E-state index contributed by atoms with van der Waals surface area (Å²) in [7, 11) is 4.99. The number of nitrogens with one attached hydrogen (secondary N) is 2. The number of rotatable bonds is 11. The van der Waals surface area contributed by atoms with E-state index in [0.717, 1.165) is 64.0 Å². The van der Waals surface area contributed by atoms with E-state index in [9.17, 15) is 17.6 Å². The molecule has 0 radical (unpaired) electrons. The largest absolute Gasteiger partial charge is 0.492 e. The molecular formula is C20H60F4N2O12SiTi3. The molecule has 14 N–H and O–H groups in total. The van der Waals surface area contributed by atoms with Gasteiger partial charge in [-0.05, 0) is 19.4 Å². The van der Waals surface area contributed by atoms with E-state index in [4.69, 9.17) is 60.3 Å². The molecule has 0 aliphatic rings. The minimum Gasteiger partial charge on any atom is -0.400 e. The normalized spacial score (nSPS) is 9.29. The van der Waals surface area contributed by atoms with E-state index in [-0.39, 0.29) is 84.2 Å². The van der Waals surface area contributed by atoms with E-state index in [0.29, 0.717) is 19.5 Å². The van der Waals surface area contributed by atoms with Gasteiger partial charge in [-0.25, -0.2) is 0 Å². The van der Waals surface area contributed by atoms with Gasteiger partial charge < -0.3 is 71.0 Å². The van der Waals surface area contributed by atoms with E-state index in [1.807, 2.05) is 0 Å². The molecule has 0 heterocycles. The molecule has 0 aromatic heterocycles. The average molecular weight is 768 g/mol. The predicted octanol–water partition coefficient (Wildman–Crippen LogP) is -3.13. The van der Waals surface area contributed by atoms with Crippen molar-refractivity contribution in [3.8, 4) is 0 Å². The molecule has 22 heteroatoms. The first-order valence-corrected chi connectivity index (χ1v) is 12.9. The maximum absolute atomic E-state index is 12.6. The molecule has 2 unspecified atom stereocenters. The van der Waals surface area contributed by atoms with Crippen molar-refractivity contribution < 1.29 is 143 Å². The molecule has 0 saturated heterocycles. The zero-order valence-corrected chi connectivity index (χ0v) is 32.2. The predicted molar refractivity (Wildman–Crippen MR) is 146 cm³/mol. The van der Waals surface area contributed by atoms with E-state index in [1.54, 1.807) is 6.92 Å². The maximum atomic E-state index is 12.6. The molecule has 0 aliphatic carbocycles. The molecule has 0 spiro atoms. The smallest absolute Gasteiger partial charge is 0.400 e. The van der Waals surface area contributed by atoms with Crippen molar-refractivity contribution in [2.24, 2.45) is 5.92 Å². The Hall–Kier alpha value is 1.52. The Balaban J connectivity index is -0.0000000310. The summed E-state index contributed by atoms with van der Waals surface area (Å²) in [4.78, 5) is 26.3. The first-order valence-electron chi connectivity index (χ1n) is 10.9. The standard InChI is InChI=1S/C11H24F4N2O3Si.9CH4O.3Ti/c1-2-10(9(8-12)11(13,14)15)17-6-5-16-4-3-7-21(18,19)20;9*1-2;;;/h9-10,16-20H,2-8H2,1H3;9*2H,1H3;;;. The van der Waals surface area contributed by atoms with E-state index >= 15 is 0 Å². The van der Waals surface area contributed by atoms with Crippen molar-refractivity contribution in [1.29, 1.82) is 0 Å². The molecule has 0 aromatic carbocycles. The molecule has 2 atom stereocenters. The van der Waals surface area contributed by atoms with Gasteiger partial charge in [-0.3, -0.25) is 4.39 Å². The molecule has 0 fully saturated rings. The molecule has 0 rings (SSSR count). The SMILES string of the molecule is CCC(NCCNCCC[Si](O)(O)O)C(CF)C(F)(F)F.CO.CO.CO.CO.CO.CO.CO.CO.CO.[Ti].[Ti].[Ti]. The monoisotopic (exact) mass is 768 g/mol. The van der Waals surface area contributed by atoms with Crippen molar-refractivity contribution in [2.75, 3.05) is 90.3 Å². The molecule has 14 nitrogen and oxygen atoms in total. The summed E-state index contributed by atoms with van der Waals surface area (Å²) < 4.78 is 50.3. The topological polar surface area (TPSA) is 267 Å². The number of alkyl halides is 4. The number of hydrogen-bond acceptors (Lipinski definition) is 14. The molecule has 0 amide bonds. The van der Waals surface area contributed by atoms with Gasteiger partial charge in [-0.2, -0.15) is 13.2 Å². The fourth-order valence-corrected chi connectivity index (χ4v) is 2.57. The summed E-state index contributed by atoms with van der Waals surface area (Å²) in [6.45, 7) is 1.13. The van der Waals surface area contributed by atoms with E-state index in [1.165, 1.54) is 0 Å². The molecule has 42 heavy (non-hydrogen) atoms. The minimum atomic E-state index is -4.56. The van der Waals surface area contributed by atoms with Crippen molar-refractivity contribution >= 4 is 8.80 Å². The van der Waals surface area contributed by atoms with Crippen LogP contribution in [0.2, 0.25) is 6.04 Å². The summed E-state index contributed by atoms with van der Waals surface area (Å²) in [6.07, 6.45) is -4.04. The zero-order valence-electron chi connectivity index (χ0n) is 26.5. The minimum absolute atomic E-state index is 0. The van der Waals surface area contributed by atoms with Gasteiger partial charge in [-0.1, -0.05) is 6.92 Å². The summed E-state index contributed by atoms with van der Waals surface area (Å²) >= 11 is 0. The molecular weight excluding hydrogens is 708 g/mol. The van der Waals surface area contributed by atoms with Crippen LogP contribution < -0.4 is 10.6 Å². The van der Waals surface area contributed by atoms with Crippen LogP contribution in [0, 0.1) is 5.92 Å². The van der Waals surface area contributed by atoms with Crippen LogP contribution in [0.4, 0.5) is 17.6 Å². The van der Waals surface area contributed by atoms with Crippen LogP contribution in [0.25, 0.3) is 0 Å². The van der Waals surface area contributed by atoms with Crippen molar-refractivity contribution in [1.82, 2.24) is 10.6 Å². The van der Waals surface area contributed by atoms with Crippen molar-refractivity contribution in [2.45, 2.75) is 38.0 Å². The van der Waals surface area contributed by atoms with Crippen molar-refractivity contribution in [3.63, 3.8) is 0 Å². The Morgan fingerprint density at radius 3 is 1.12 bits per heavy atom. The Morgan fingerprint density at radius 1 is 0.595 bits per heavy atom.